The number of para-hydroxylation sites is 1. The molecule has 8 nitrogen and oxygen atoms in total. The molecule has 0 unspecified atom stereocenters. The lowest BCUT2D eigenvalue weighted by Crippen LogP contribution is -2.17. The van der Waals surface area contributed by atoms with E-state index in [0.29, 0.717) is 11.3 Å². The van der Waals surface area contributed by atoms with Crippen molar-refractivity contribution in [3.05, 3.63) is 70.7 Å². The Balaban J connectivity index is 1.93. The van der Waals surface area contributed by atoms with Gasteiger partial charge < -0.3 is 19.5 Å². The summed E-state index contributed by atoms with van der Waals surface area (Å²) in [6.07, 6.45) is 0. The van der Waals surface area contributed by atoms with Crippen molar-refractivity contribution in [2.75, 3.05) is 31.4 Å². The van der Waals surface area contributed by atoms with E-state index in [1.807, 2.05) is 0 Å². The minimum absolute atomic E-state index is 0.000466. The van der Waals surface area contributed by atoms with Crippen molar-refractivity contribution >= 4 is 38.9 Å². The first-order chi connectivity index (χ1) is 15.7. The van der Waals surface area contributed by atoms with E-state index in [9.17, 15) is 13.2 Å². The zero-order valence-electron chi connectivity index (χ0n) is 18.4. The van der Waals surface area contributed by atoms with Gasteiger partial charge in [0.25, 0.3) is 15.9 Å². The van der Waals surface area contributed by atoms with E-state index in [2.05, 4.69) is 10.0 Å². The fraction of sp³-hybridized carbons (Fsp3) is 0.174. The van der Waals surface area contributed by atoms with Gasteiger partial charge in [-0.3, -0.25) is 9.52 Å². The number of ether oxygens (including phenoxy) is 3. The lowest BCUT2D eigenvalue weighted by atomic mass is 10.1. The predicted octanol–water partition coefficient (Wildman–Crippen LogP) is 4.73. The van der Waals surface area contributed by atoms with Crippen molar-refractivity contribution in [3.8, 4) is 17.2 Å². The molecule has 0 saturated carbocycles. The number of carbonyl (C=O) groups is 1. The zero-order valence-corrected chi connectivity index (χ0v) is 20.0. The number of amides is 1. The highest BCUT2D eigenvalue weighted by molar-refractivity contribution is 7.92. The molecule has 174 valence electrons. The third-order valence-electron chi connectivity index (χ3n) is 4.80. The maximum atomic E-state index is 13.0. The second kappa shape index (κ2) is 10.0. The third-order valence-corrected chi connectivity index (χ3v) is 6.64. The zero-order chi connectivity index (χ0) is 24.2. The lowest BCUT2D eigenvalue weighted by Gasteiger charge is -2.16. The topological polar surface area (TPSA) is 103 Å². The van der Waals surface area contributed by atoms with Gasteiger partial charge in [0.2, 0.25) is 5.75 Å². The molecule has 0 spiro atoms. The van der Waals surface area contributed by atoms with Crippen LogP contribution in [-0.2, 0) is 10.0 Å². The molecule has 3 aromatic rings. The van der Waals surface area contributed by atoms with Crippen LogP contribution in [0.2, 0.25) is 5.02 Å². The van der Waals surface area contributed by atoms with E-state index in [0.717, 1.165) is 0 Å². The van der Waals surface area contributed by atoms with Crippen molar-refractivity contribution in [2.24, 2.45) is 0 Å². The quantitative estimate of drug-likeness (QED) is 0.473. The van der Waals surface area contributed by atoms with Crippen LogP contribution in [0, 0.1) is 6.92 Å². The first kappa shape index (κ1) is 24.2. The summed E-state index contributed by atoms with van der Waals surface area (Å²) in [4.78, 5) is 13.0. The van der Waals surface area contributed by atoms with Crippen LogP contribution in [0.25, 0.3) is 0 Å². The number of hydrogen-bond donors (Lipinski definition) is 2. The van der Waals surface area contributed by atoms with Crippen molar-refractivity contribution in [1.82, 2.24) is 0 Å². The third kappa shape index (κ3) is 5.15. The number of halogens is 1. The number of benzene rings is 3. The number of methoxy groups -OCH3 is 3. The molecule has 0 aliphatic carbocycles. The van der Waals surface area contributed by atoms with Gasteiger partial charge in [0, 0.05) is 5.69 Å². The van der Waals surface area contributed by atoms with Crippen molar-refractivity contribution in [2.45, 2.75) is 11.8 Å². The first-order valence-corrected chi connectivity index (χ1v) is 11.6. The number of hydrogen-bond acceptors (Lipinski definition) is 6. The van der Waals surface area contributed by atoms with E-state index < -0.39 is 15.9 Å². The van der Waals surface area contributed by atoms with Gasteiger partial charge in [0.05, 0.1) is 42.5 Å². The van der Waals surface area contributed by atoms with Crippen molar-refractivity contribution in [3.63, 3.8) is 0 Å². The molecule has 0 fully saturated rings. The summed E-state index contributed by atoms with van der Waals surface area (Å²) >= 11 is 6.09. The highest BCUT2D eigenvalue weighted by Crippen LogP contribution is 2.40. The number of nitrogens with one attached hydrogen (secondary N) is 2. The number of anilines is 2. The Morgan fingerprint density at radius 1 is 0.909 bits per heavy atom. The summed E-state index contributed by atoms with van der Waals surface area (Å²) in [7, 11) is 0.349. The molecule has 0 atom stereocenters. The van der Waals surface area contributed by atoms with Gasteiger partial charge in [-0.1, -0.05) is 29.8 Å². The predicted molar refractivity (Wildman–Crippen MR) is 127 cm³/mol. The Bertz CT molecular complexity index is 1290. The molecule has 0 bridgehead atoms. The van der Waals surface area contributed by atoms with Gasteiger partial charge in [-0.15, -0.1) is 0 Å². The Morgan fingerprint density at radius 2 is 1.61 bits per heavy atom. The molecule has 0 heterocycles. The number of carbonyl (C=O) groups excluding carboxylic acids is 1. The van der Waals surface area contributed by atoms with Gasteiger partial charge in [-0.05, 0) is 48.9 Å². The minimum atomic E-state index is -3.97. The monoisotopic (exact) mass is 490 g/mol. The average Bonchev–Trinajstić information content (AvgIpc) is 2.80. The molecule has 2 N–H and O–H groups in total. The maximum Gasteiger partial charge on any atom is 0.262 e. The van der Waals surface area contributed by atoms with Gasteiger partial charge in [-0.2, -0.15) is 0 Å². The lowest BCUT2D eigenvalue weighted by molar-refractivity contribution is 0.102. The van der Waals surface area contributed by atoms with Gasteiger partial charge in [-0.25, -0.2) is 8.42 Å². The fourth-order valence-corrected chi connectivity index (χ4v) is 4.78. The van der Waals surface area contributed by atoms with Crippen LogP contribution in [0.1, 0.15) is 15.9 Å². The van der Waals surface area contributed by atoms with Gasteiger partial charge >= 0.3 is 0 Å². The molecular weight excluding hydrogens is 468 g/mol. The van der Waals surface area contributed by atoms with Gasteiger partial charge in [0.1, 0.15) is 0 Å². The molecule has 0 saturated heterocycles. The molecule has 0 aromatic heterocycles. The molecule has 10 heteroatoms. The van der Waals surface area contributed by atoms with E-state index in [-0.39, 0.29) is 38.4 Å². The second-order valence-corrected chi connectivity index (χ2v) is 8.96. The van der Waals surface area contributed by atoms with Crippen LogP contribution in [0.15, 0.2) is 59.5 Å². The number of rotatable bonds is 8. The number of sulfonamides is 1. The molecule has 0 aliphatic rings. The van der Waals surface area contributed by atoms with Gasteiger partial charge in [0.15, 0.2) is 11.5 Å². The average molecular weight is 491 g/mol. The summed E-state index contributed by atoms with van der Waals surface area (Å²) in [6.45, 7) is 1.66. The summed E-state index contributed by atoms with van der Waals surface area (Å²) in [5.41, 5.74) is 1.22. The van der Waals surface area contributed by atoms with E-state index >= 15 is 0 Å². The minimum Gasteiger partial charge on any atom is -0.493 e. The Morgan fingerprint density at radius 3 is 2.24 bits per heavy atom. The molecule has 3 aromatic carbocycles. The summed E-state index contributed by atoms with van der Waals surface area (Å²) < 4.78 is 44.4. The first-order valence-electron chi connectivity index (χ1n) is 9.70. The summed E-state index contributed by atoms with van der Waals surface area (Å²) in [6, 6.07) is 14.2. The molecule has 1 amide bonds. The molecule has 33 heavy (non-hydrogen) atoms. The maximum absolute atomic E-state index is 13.0. The van der Waals surface area contributed by atoms with Crippen LogP contribution >= 0.6 is 11.6 Å². The van der Waals surface area contributed by atoms with Crippen LogP contribution in [0.4, 0.5) is 11.4 Å². The van der Waals surface area contributed by atoms with E-state index in [1.165, 1.54) is 33.5 Å². The van der Waals surface area contributed by atoms with Crippen LogP contribution in [-0.4, -0.2) is 35.7 Å². The largest absolute Gasteiger partial charge is 0.493 e. The second-order valence-electron chi connectivity index (χ2n) is 6.90. The normalized spacial score (nSPS) is 10.9. The summed E-state index contributed by atoms with van der Waals surface area (Å²) in [5.74, 6) is 0.345. The molecular formula is C23H23ClN2O6S. The molecule has 0 radical (unpaired) electrons. The number of aryl methyl sites for hydroxylation is 1. The van der Waals surface area contributed by atoms with Crippen molar-refractivity contribution < 1.29 is 27.4 Å². The Labute approximate surface area is 197 Å². The summed E-state index contributed by atoms with van der Waals surface area (Å²) in [5, 5.41) is 2.97. The van der Waals surface area contributed by atoms with E-state index in [4.69, 9.17) is 25.8 Å². The van der Waals surface area contributed by atoms with E-state index in [1.54, 1.807) is 49.4 Å². The highest BCUT2D eigenvalue weighted by Gasteiger charge is 2.22. The molecule has 3 rings (SSSR count). The standard InChI is InChI=1S/C23H23ClN2O6S/c1-14-9-10-15(13-20(14)33(28,29)26-18-8-6-5-7-17(18)24)25-23(27)16-11-12-19(30-2)22(32-4)21(16)31-3/h5-13,26H,1-4H3,(H,25,27). The van der Waals surface area contributed by atoms with Crippen molar-refractivity contribution in [1.29, 1.82) is 0 Å². The Hall–Kier alpha value is -3.43. The van der Waals surface area contributed by atoms with Crippen LogP contribution in [0.3, 0.4) is 0 Å². The Kier molecular flexibility index (Phi) is 7.35. The van der Waals surface area contributed by atoms with Crippen LogP contribution < -0.4 is 24.2 Å². The SMILES string of the molecule is COc1ccc(C(=O)Nc2ccc(C)c(S(=O)(=O)Nc3ccccc3Cl)c2)c(OC)c1OC. The smallest absolute Gasteiger partial charge is 0.262 e. The highest BCUT2D eigenvalue weighted by atomic mass is 35.5. The molecule has 0 aliphatic heterocycles. The van der Waals surface area contributed by atoms with Crippen LogP contribution in [0.5, 0.6) is 17.2 Å². The fourth-order valence-electron chi connectivity index (χ4n) is 3.19.